The van der Waals surface area contributed by atoms with E-state index in [9.17, 15) is 8.78 Å². The maximum atomic E-state index is 13.3. The molecule has 3 rings (SSSR count). The average Bonchev–Trinajstić information content (AvgIpc) is 2.73. The van der Waals surface area contributed by atoms with Gasteiger partial charge in [0.25, 0.3) is 0 Å². The fraction of sp³-hybridized carbons (Fsp3) is 0.133. The number of rotatable bonds is 3. The van der Waals surface area contributed by atoms with Crippen molar-refractivity contribution in [3.8, 4) is 0 Å². The third kappa shape index (κ3) is 2.49. The van der Waals surface area contributed by atoms with E-state index in [0.717, 1.165) is 16.6 Å². The molecule has 0 aliphatic rings. The van der Waals surface area contributed by atoms with Crippen LogP contribution in [0.4, 0.5) is 8.78 Å². The second kappa shape index (κ2) is 5.17. The van der Waals surface area contributed by atoms with Crippen molar-refractivity contribution in [2.75, 3.05) is 0 Å². The highest BCUT2D eigenvalue weighted by atomic mass is 32.1. The fourth-order valence-electron chi connectivity index (χ4n) is 2.24. The highest BCUT2D eigenvalue weighted by molar-refractivity contribution is 7.71. The fourth-order valence-corrected chi connectivity index (χ4v) is 2.54. The van der Waals surface area contributed by atoms with Gasteiger partial charge >= 0.3 is 0 Å². The van der Waals surface area contributed by atoms with Gasteiger partial charge in [0.1, 0.15) is 11.6 Å². The van der Waals surface area contributed by atoms with Gasteiger partial charge in [-0.15, -0.1) is 0 Å². The van der Waals surface area contributed by atoms with Crippen molar-refractivity contribution < 1.29 is 8.78 Å². The van der Waals surface area contributed by atoms with Gasteiger partial charge in [-0.05, 0) is 54.5 Å². The lowest BCUT2D eigenvalue weighted by Gasteiger charge is -2.05. The number of hydrogen-bond acceptors (Lipinski definition) is 1. The Bertz CT molecular complexity index is 803. The quantitative estimate of drug-likeness (QED) is 0.716. The minimum absolute atomic E-state index is 0.250. The summed E-state index contributed by atoms with van der Waals surface area (Å²) < 4.78 is 28.6. The molecule has 102 valence electrons. The number of nitrogens with one attached hydrogen (secondary N) is 1. The third-order valence-electron chi connectivity index (χ3n) is 3.27. The lowest BCUT2D eigenvalue weighted by molar-refractivity contribution is 0.624. The van der Waals surface area contributed by atoms with Crippen LogP contribution in [0.25, 0.3) is 11.0 Å². The van der Waals surface area contributed by atoms with Crippen LogP contribution < -0.4 is 0 Å². The highest BCUT2D eigenvalue weighted by Gasteiger charge is 2.05. The molecule has 0 saturated carbocycles. The van der Waals surface area contributed by atoms with Gasteiger partial charge in [-0.2, -0.15) is 0 Å². The number of halogens is 2. The van der Waals surface area contributed by atoms with E-state index < -0.39 is 0 Å². The van der Waals surface area contributed by atoms with Gasteiger partial charge in [-0.25, -0.2) is 8.78 Å². The Balaban J connectivity index is 1.90. The molecule has 0 aliphatic carbocycles. The average molecular weight is 290 g/mol. The molecule has 2 aromatic carbocycles. The van der Waals surface area contributed by atoms with E-state index in [0.29, 0.717) is 17.7 Å². The molecular weight excluding hydrogens is 278 g/mol. The molecule has 0 bridgehead atoms. The van der Waals surface area contributed by atoms with Crippen molar-refractivity contribution >= 4 is 23.3 Å². The van der Waals surface area contributed by atoms with Gasteiger partial charge in [0.2, 0.25) is 0 Å². The van der Waals surface area contributed by atoms with Crippen LogP contribution in [0.1, 0.15) is 5.56 Å². The van der Waals surface area contributed by atoms with Crippen molar-refractivity contribution in [3.63, 3.8) is 0 Å². The summed E-state index contributed by atoms with van der Waals surface area (Å²) in [5.74, 6) is -0.540. The van der Waals surface area contributed by atoms with E-state index >= 15 is 0 Å². The molecule has 0 aliphatic heterocycles. The molecular formula is C15H12F2N2S. The van der Waals surface area contributed by atoms with Crippen LogP contribution in [0.5, 0.6) is 0 Å². The Morgan fingerprint density at radius 3 is 2.45 bits per heavy atom. The van der Waals surface area contributed by atoms with Gasteiger partial charge < -0.3 is 9.55 Å². The van der Waals surface area contributed by atoms with Crippen LogP contribution >= 0.6 is 12.2 Å². The third-order valence-corrected chi connectivity index (χ3v) is 3.60. The summed E-state index contributed by atoms with van der Waals surface area (Å²) in [4.78, 5) is 3.05. The summed E-state index contributed by atoms with van der Waals surface area (Å²) in [6, 6.07) is 10.9. The van der Waals surface area contributed by atoms with Crippen LogP contribution in [0, 0.1) is 16.4 Å². The summed E-state index contributed by atoms with van der Waals surface area (Å²) in [5.41, 5.74) is 2.58. The van der Waals surface area contributed by atoms with Crippen LogP contribution in [-0.4, -0.2) is 9.55 Å². The zero-order valence-corrected chi connectivity index (χ0v) is 11.4. The van der Waals surface area contributed by atoms with E-state index in [4.69, 9.17) is 12.2 Å². The molecule has 1 aromatic heterocycles. The molecule has 0 fully saturated rings. The Labute approximate surface area is 119 Å². The van der Waals surface area contributed by atoms with Gasteiger partial charge in [-0.1, -0.05) is 12.1 Å². The SMILES string of the molecule is Fc1ccc(CCn2c(=S)[nH]c3ccc(F)cc32)cc1. The number of fused-ring (bicyclic) bond motifs is 1. The smallest absolute Gasteiger partial charge is 0.178 e. The van der Waals surface area contributed by atoms with Crippen molar-refractivity contribution in [1.82, 2.24) is 9.55 Å². The highest BCUT2D eigenvalue weighted by Crippen LogP contribution is 2.16. The van der Waals surface area contributed by atoms with E-state index in [1.165, 1.54) is 24.3 Å². The van der Waals surface area contributed by atoms with Crippen LogP contribution in [-0.2, 0) is 13.0 Å². The maximum Gasteiger partial charge on any atom is 0.178 e. The first-order valence-corrected chi connectivity index (χ1v) is 6.67. The lowest BCUT2D eigenvalue weighted by Crippen LogP contribution is -2.01. The molecule has 0 saturated heterocycles. The minimum Gasteiger partial charge on any atom is -0.331 e. The van der Waals surface area contributed by atoms with Crippen LogP contribution in [0.15, 0.2) is 42.5 Å². The molecule has 2 nitrogen and oxygen atoms in total. The number of nitrogens with zero attached hydrogens (tertiary/aromatic N) is 1. The molecule has 0 amide bonds. The number of H-pyrrole nitrogens is 1. The maximum absolute atomic E-state index is 13.3. The Morgan fingerprint density at radius 1 is 1.00 bits per heavy atom. The Morgan fingerprint density at radius 2 is 1.70 bits per heavy atom. The normalized spacial score (nSPS) is 11.1. The van der Waals surface area contributed by atoms with Gasteiger partial charge in [-0.3, -0.25) is 0 Å². The molecule has 0 unspecified atom stereocenters. The summed E-state index contributed by atoms with van der Waals surface area (Å²) in [6.07, 6.45) is 0.706. The summed E-state index contributed by atoms with van der Waals surface area (Å²) >= 11 is 5.26. The number of aromatic nitrogens is 2. The van der Waals surface area contributed by atoms with Gasteiger partial charge in [0.15, 0.2) is 4.77 Å². The molecule has 1 heterocycles. The second-order valence-corrected chi connectivity index (χ2v) is 5.01. The number of aromatic amines is 1. The molecule has 5 heteroatoms. The molecule has 0 spiro atoms. The molecule has 20 heavy (non-hydrogen) atoms. The van der Waals surface area contributed by atoms with E-state index in [1.807, 2.05) is 4.57 Å². The number of imidazole rings is 1. The predicted molar refractivity (Wildman–Crippen MR) is 77.2 cm³/mol. The first-order chi connectivity index (χ1) is 9.63. The van der Waals surface area contributed by atoms with Crippen LogP contribution in [0.2, 0.25) is 0 Å². The molecule has 1 N–H and O–H groups in total. The Hall–Kier alpha value is -2.01. The zero-order chi connectivity index (χ0) is 14.1. The summed E-state index contributed by atoms with van der Waals surface area (Å²) in [6.45, 7) is 0.619. The minimum atomic E-state index is -0.290. The second-order valence-electron chi connectivity index (χ2n) is 4.62. The van der Waals surface area contributed by atoms with Crippen molar-refractivity contribution in [2.45, 2.75) is 13.0 Å². The topological polar surface area (TPSA) is 20.7 Å². The molecule has 0 atom stereocenters. The molecule has 0 radical (unpaired) electrons. The van der Waals surface area contributed by atoms with Crippen molar-refractivity contribution in [3.05, 3.63) is 64.4 Å². The first kappa shape index (κ1) is 13.0. The Kier molecular flexibility index (Phi) is 3.36. The number of benzene rings is 2. The molecule has 3 aromatic rings. The van der Waals surface area contributed by atoms with E-state index in [1.54, 1.807) is 18.2 Å². The summed E-state index contributed by atoms with van der Waals surface area (Å²) in [7, 11) is 0. The van der Waals surface area contributed by atoms with Gasteiger partial charge in [0.05, 0.1) is 11.0 Å². The summed E-state index contributed by atoms with van der Waals surface area (Å²) in [5, 5.41) is 0. The number of aryl methyl sites for hydroxylation is 2. The first-order valence-electron chi connectivity index (χ1n) is 6.26. The lowest BCUT2D eigenvalue weighted by atomic mass is 10.1. The van der Waals surface area contributed by atoms with E-state index in [-0.39, 0.29) is 11.6 Å². The standard InChI is InChI=1S/C15H12F2N2S/c16-11-3-1-10(2-4-11)7-8-19-14-9-12(17)5-6-13(14)18-15(19)20/h1-6,9H,7-8H2,(H,18,20). The van der Waals surface area contributed by atoms with E-state index in [2.05, 4.69) is 4.98 Å². The van der Waals surface area contributed by atoms with Crippen LogP contribution in [0.3, 0.4) is 0 Å². The largest absolute Gasteiger partial charge is 0.331 e. The zero-order valence-electron chi connectivity index (χ0n) is 10.6. The van der Waals surface area contributed by atoms with Crippen molar-refractivity contribution in [1.29, 1.82) is 0 Å². The predicted octanol–water partition coefficient (Wildman–Crippen LogP) is 4.22. The van der Waals surface area contributed by atoms with Crippen molar-refractivity contribution in [2.24, 2.45) is 0 Å². The number of hydrogen-bond donors (Lipinski definition) is 1. The monoisotopic (exact) mass is 290 g/mol. The van der Waals surface area contributed by atoms with Gasteiger partial charge in [0, 0.05) is 6.54 Å².